The number of hydrogen-bond acceptors (Lipinski definition) is 6. The molecule has 3 aromatic carbocycles. The summed E-state index contributed by atoms with van der Waals surface area (Å²) in [6.07, 6.45) is 1.16. The van der Waals surface area contributed by atoms with E-state index in [-0.39, 0.29) is 22.3 Å². The smallest absolute Gasteiger partial charge is 0.343 e. The van der Waals surface area contributed by atoms with Gasteiger partial charge in [0.05, 0.1) is 22.3 Å². The summed E-state index contributed by atoms with van der Waals surface area (Å²) in [4.78, 5) is 14.6. The highest BCUT2D eigenvalue weighted by Crippen LogP contribution is 2.23. The number of esters is 1. The van der Waals surface area contributed by atoms with Gasteiger partial charge in [-0.2, -0.15) is 0 Å². The van der Waals surface area contributed by atoms with Crippen LogP contribution >= 0.6 is 11.6 Å². The Morgan fingerprint density at radius 3 is 2.42 bits per heavy atom. The van der Waals surface area contributed by atoms with E-state index in [1.165, 1.54) is 29.8 Å². The van der Waals surface area contributed by atoms with Crippen LogP contribution in [0.2, 0.25) is 0 Å². The van der Waals surface area contributed by atoms with Crippen LogP contribution in [0.1, 0.15) is 27.9 Å². The largest absolute Gasteiger partial charge is 0.423 e. The number of alkyl halides is 1. The van der Waals surface area contributed by atoms with Gasteiger partial charge < -0.3 is 9.84 Å². The van der Waals surface area contributed by atoms with E-state index in [1.807, 2.05) is 29.2 Å². The van der Waals surface area contributed by atoms with Crippen LogP contribution in [0, 0.1) is 5.92 Å². The zero-order chi connectivity index (χ0) is 25.5. The van der Waals surface area contributed by atoms with Crippen LogP contribution in [-0.4, -0.2) is 55.9 Å². The molecule has 3 aromatic rings. The molecule has 1 saturated heterocycles. The third-order valence-corrected chi connectivity index (χ3v) is 8.55. The zero-order valence-corrected chi connectivity index (χ0v) is 21.5. The fraction of sp³-hybridized carbons (Fsp3) is 0.321. The van der Waals surface area contributed by atoms with Gasteiger partial charge in [0.1, 0.15) is 5.75 Å². The van der Waals surface area contributed by atoms with E-state index < -0.39 is 21.9 Å². The first-order chi connectivity index (χ1) is 17.3. The van der Waals surface area contributed by atoms with Crippen molar-refractivity contribution in [3.63, 3.8) is 0 Å². The second-order valence-corrected chi connectivity index (χ2v) is 11.5. The predicted molar refractivity (Wildman–Crippen MR) is 140 cm³/mol. The van der Waals surface area contributed by atoms with Gasteiger partial charge in [0.25, 0.3) is 0 Å². The van der Waals surface area contributed by atoms with Gasteiger partial charge in [-0.1, -0.05) is 42.5 Å². The predicted octanol–water partition coefficient (Wildman–Crippen LogP) is 4.34. The Hall–Kier alpha value is -2.71. The van der Waals surface area contributed by atoms with Crippen molar-refractivity contribution in [1.29, 1.82) is 0 Å². The Bertz CT molecular complexity index is 1260. The molecule has 2 unspecified atom stereocenters. The highest BCUT2D eigenvalue weighted by Gasteiger charge is 2.28. The molecule has 0 saturated carbocycles. The number of aliphatic hydroxyl groups is 1. The normalized spacial score (nSPS) is 18.6. The van der Waals surface area contributed by atoms with Crippen LogP contribution in [0.3, 0.4) is 0 Å². The van der Waals surface area contributed by atoms with E-state index in [1.54, 1.807) is 18.2 Å². The molecule has 4 rings (SSSR count). The van der Waals surface area contributed by atoms with Crippen LogP contribution < -0.4 is 4.74 Å². The molecule has 0 spiro atoms. The van der Waals surface area contributed by atoms with Crippen molar-refractivity contribution in [2.24, 2.45) is 5.92 Å². The summed E-state index contributed by atoms with van der Waals surface area (Å²) in [5.74, 6) is 0.143. The first kappa shape index (κ1) is 26.4. The molecule has 6 nitrogen and oxygen atoms in total. The third kappa shape index (κ3) is 6.95. The summed E-state index contributed by atoms with van der Waals surface area (Å²) in [5, 5.41) is 10.6. The summed E-state index contributed by atoms with van der Waals surface area (Å²) < 4.78 is 31.1. The molecule has 0 bridgehead atoms. The first-order valence-electron chi connectivity index (χ1n) is 12.0. The fourth-order valence-corrected chi connectivity index (χ4v) is 5.88. The number of aliphatic hydroxyl groups excluding tert-OH is 1. The van der Waals surface area contributed by atoms with E-state index in [0.29, 0.717) is 24.5 Å². The minimum Gasteiger partial charge on any atom is -0.423 e. The number of piperidine rings is 1. The quantitative estimate of drug-likeness (QED) is 0.253. The van der Waals surface area contributed by atoms with Crippen LogP contribution in [0.25, 0.3) is 0 Å². The maximum absolute atomic E-state index is 12.9. The van der Waals surface area contributed by atoms with E-state index in [2.05, 4.69) is 12.1 Å². The molecular formula is C28H30ClNO5S. The van der Waals surface area contributed by atoms with Gasteiger partial charge in [-0.3, -0.25) is 4.90 Å². The lowest BCUT2D eigenvalue weighted by Crippen LogP contribution is -2.46. The van der Waals surface area contributed by atoms with E-state index >= 15 is 0 Å². The summed E-state index contributed by atoms with van der Waals surface area (Å²) >= 11 is 5.82. The van der Waals surface area contributed by atoms with Crippen molar-refractivity contribution in [3.05, 3.63) is 95.6 Å². The maximum Gasteiger partial charge on any atom is 0.343 e. The molecule has 0 radical (unpaired) electrons. The van der Waals surface area contributed by atoms with Gasteiger partial charge in [0.15, 0.2) is 9.84 Å². The Labute approximate surface area is 217 Å². The van der Waals surface area contributed by atoms with Crippen LogP contribution in [0.5, 0.6) is 5.75 Å². The van der Waals surface area contributed by atoms with Crippen molar-refractivity contribution in [2.45, 2.75) is 29.7 Å². The lowest BCUT2D eigenvalue weighted by Gasteiger charge is -2.36. The minimum absolute atomic E-state index is 0.0482. The Balaban J connectivity index is 1.29. The second-order valence-electron chi connectivity index (χ2n) is 9.12. The molecule has 1 N–H and O–H groups in total. The lowest BCUT2D eigenvalue weighted by atomic mass is 9.88. The summed E-state index contributed by atoms with van der Waals surface area (Å²) in [7, 11) is -3.52. The fourth-order valence-electron chi connectivity index (χ4n) is 4.43. The molecule has 0 aliphatic carbocycles. The Morgan fingerprint density at radius 2 is 1.72 bits per heavy atom. The van der Waals surface area contributed by atoms with Crippen molar-refractivity contribution >= 4 is 27.4 Å². The maximum atomic E-state index is 12.9. The van der Waals surface area contributed by atoms with Crippen molar-refractivity contribution < 1.29 is 23.1 Å². The van der Waals surface area contributed by atoms with Gasteiger partial charge in [-0.15, -0.1) is 11.6 Å². The van der Waals surface area contributed by atoms with E-state index in [9.17, 15) is 18.3 Å². The third-order valence-electron chi connectivity index (χ3n) is 6.53. The summed E-state index contributed by atoms with van der Waals surface area (Å²) in [5.41, 5.74) is 2.38. The zero-order valence-electron chi connectivity index (χ0n) is 19.9. The number of ether oxygens (including phenoxy) is 1. The van der Waals surface area contributed by atoms with Gasteiger partial charge in [-0.25, -0.2) is 13.2 Å². The summed E-state index contributed by atoms with van der Waals surface area (Å²) in [6.45, 7) is 1.57. The second kappa shape index (κ2) is 12.0. The summed E-state index contributed by atoms with van der Waals surface area (Å²) in [6, 6.07) is 22.8. The molecule has 36 heavy (non-hydrogen) atoms. The molecule has 1 aliphatic heterocycles. The van der Waals surface area contributed by atoms with Gasteiger partial charge in [0, 0.05) is 19.0 Å². The molecule has 2 atom stereocenters. The van der Waals surface area contributed by atoms with Crippen LogP contribution in [0.15, 0.2) is 83.8 Å². The van der Waals surface area contributed by atoms with E-state index in [4.69, 9.17) is 16.3 Å². The number of nitrogens with zero attached hydrogens (tertiary/aromatic N) is 1. The van der Waals surface area contributed by atoms with Gasteiger partial charge in [0.2, 0.25) is 0 Å². The number of hydrogen-bond donors (Lipinski definition) is 1. The van der Waals surface area contributed by atoms with Crippen LogP contribution in [0.4, 0.5) is 0 Å². The number of benzene rings is 3. The number of sulfone groups is 1. The molecule has 190 valence electrons. The first-order valence-corrected chi connectivity index (χ1v) is 14.2. The standard InChI is InChI=1S/C28H30ClNO5S/c29-19-22-7-4-8-24(18-22)28(32)35-25-9-11-26(12-10-25)36(33,34)16-15-30-14-13-23(27(31)20-30)17-21-5-2-1-3-6-21/h1-12,18,23,27,31H,13-17,19-20H2. The highest BCUT2D eigenvalue weighted by atomic mass is 35.5. The number of carbonyl (C=O) groups excluding carboxylic acids is 1. The lowest BCUT2D eigenvalue weighted by molar-refractivity contribution is 0.0245. The van der Waals surface area contributed by atoms with E-state index in [0.717, 1.165) is 24.9 Å². The monoisotopic (exact) mass is 527 g/mol. The average Bonchev–Trinajstić information content (AvgIpc) is 2.90. The van der Waals surface area contributed by atoms with Crippen molar-refractivity contribution in [2.75, 3.05) is 25.4 Å². The Kier molecular flexibility index (Phi) is 8.80. The topological polar surface area (TPSA) is 83.9 Å². The van der Waals surface area contributed by atoms with Crippen LogP contribution in [-0.2, 0) is 22.1 Å². The Morgan fingerprint density at radius 1 is 1.00 bits per heavy atom. The SMILES string of the molecule is O=C(Oc1ccc(S(=O)(=O)CCN2CCC(Cc3ccccc3)C(O)C2)cc1)c1cccc(CCl)c1. The number of halogens is 1. The molecule has 1 heterocycles. The molecule has 1 fully saturated rings. The van der Waals surface area contributed by atoms with Gasteiger partial charge in [-0.05, 0) is 72.8 Å². The molecule has 1 aliphatic rings. The molecular weight excluding hydrogens is 498 g/mol. The number of β-amino-alcohol motifs (C(OH)–C–C–N with tert-alkyl or cyclic N) is 1. The highest BCUT2D eigenvalue weighted by molar-refractivity contribution is 7.91. The number of likely N-dealkylation sites (tertiary alicyclic amines) is 1. The van der Waals surface area contributed by atoms with Crippen molar-refractivity contribution in [1.82, 2.24) is 4.90 Å². The minimum atomic E-state index is -3.52. The van der Waals surface area contributed by atoms with Crippen molar-refractivity contribution in [3.8, 4) is 5.75 Å². The number of carbonyl (C=O) groups is 1. The molecule has 0 aromatic heterocycles. The average molecular weight is 528 g/mol. The van der Waals surface area contributed by atoms with Gasteiger partial charge >= 0.3 is 5.97 Å². The molecule has 0 amide bonds. The number of rotatable bonds is 9. The molecule has 8 heteroatoms.